The van der Waals surface area contributed by atoms with Crippen molar-refractivity contribution in [3.8, 4) is 0 Å². The molecule has 0 fully saturated rings. The van der Waals surface area contributed by atoms with Crippen molar-refractivity contribution < 1.29 is 0 Å². The first-order chi connectivity index (χ1) is 18.2. The molecule has 0 heterocycles. The minimum absolute atomic E-state index is 0.714. The van der Waals surface area contributed by atoms with Crippen LogP contribution in [0.5, 0.6) is 0 Å². The predicted molar refractivity (Wildman–Crippen MR) is 158 cm³/mol. The zero-order valence-electron chi connectivity index (χ0n) is 20.2. The lowest BCUT2D eigenvalue weighted by atomic mass is 9.92. The Balaban J connectivity index is 1.43. The predicted octanol–water partition coefficient (Wildman–Crippen LogP) is 10.2. The Bertz CT molecular complexity index is 1470. The first-order valence-electron chi connectivity index (χ1n) is 12.5. The summed E-state index contributed by atoms with van der Waals surface area (Å²) in [6.45, 7) is 0. The number of nitrogens with zero attached hydrogens (tertiary/aromatic N) is 1. The maximum Gasteiger partial charge on any atom is 0.0462 e. The molecular formula is C34H25Cl2N. The molecule has 5 aromatic rings. The van der Waals surface area contributed by atoms with E-state index in [0.717, 1.165) is 35.5 Å². The van der Waals surface area contributed by atoms with E-state index in [1.807, 2.05) is 48.5 Å². The Morgan fingerprint density at radius 1 is 0.486 bits per heavy atom. The van der Waals surface area contributed by atoms with Crippen molar-refractivity contribution in [2.75, 3.05) is 4.90 Å². The SMILES string of the molecule is Clc1ccc(N(c2ccc(Cl)cc2)c2ccc(C=C3c4ccccc4CCc4ccccc43)cc2)cc1. The summed E-state index contributed by atoms with van der Waals surface area (Å²) in [5, 5.41) is 1.43. The highest BCUT2D eigenvalue weighted by atomic mass is 35.5. The topological polar surface area (TPSA) is 3.24 Å². The Morgan fingerprint density at radius 2 is 0.892 bits per heavy atom. The Morgan fingerprint density at radius 3 is 1.35 bits per heavy atom. The van der Waals surface area contributed by atoms with Gasteiger partial charge in [0.15, 0.2) is 0 Å². The third kappa shape index (κ3) is 4.93. The molecule has 0 aliphatic heterocycles. The van der Waals surface area contributed by atoms with Gasteiger partial charge in [-0.25, -0.2) is 0 Å². The van der Waals surface area contributed by atoms with Crippen LogP contribution in [0.2, 0.25) is 10.0 Å². The fourth-order valence-electron chi connectivity index (χ4n) is 5.09. The summed E-state index contributed by atoms with van der Waals surface area (Å²) < 4.78 is 0. The van der Waals surface area contributed by atoms with Gasteiger partial charge in [0.05, 0.1) is 0 Å². The highest BCUT2D eigenvalue weighted by Gasteiger charge is 2.18. The molecule has 0 saturated carbocycles. The first kappa shape index (κ1) is 23.6. The van der Waals surface area contributed by atoms with Crippen LogP contribution in [0.1, 0.15) is 27.8 Å². The third-order valence-electron chi connectivity index (χ3n) is 6.91. The van der Waals surface area contributed by atoms with Crippen LogP contribution in [0, 0.1) is 0 Å². The molecule has 0 radical (unpaired) electrons. The van der Waals surface area contributed by atoms with Crippen LogP contribution in [0.25, 0.3) is 11.6 Å². The van der Waals surface area contributed by atoms with Crippen molar-refractivity contribution in [2.45, 2.75) is 12.8 Å². The smallest absolute Gasteiger partial charge is 0.0462 e. The molecule has 0 spiro atoms. The molecule has 37 heavy (non-hydrogen) atoms. The second kappa shape index (κ2) is 10.3. The first-order valence-corrected chi connectivity index (χ1v) is 13.2. The van der Waals surface area contributed by atoms with Crippen LogP contribution in [0.3, 0.4) is 0 Å². The van der Waals surface area contributed by atoms with Gasteiger partial charge in [0.25, 0.3) is 0 Å². The molecule has 5 aromatic carbocycles. The molecule has 0 N–H and O–H groups in total. The summed E-state index contributed by atoms with van der Waals surface area (Å²) in [4.78, 5) is 2.21. The molecule has 6 rings (SSSR count). The number of anilines is 3. The zero-order valence-corrected chi connectivity index (χ0v) is 21.8. The van der Waals surface area contributed by atoms with E-state index in [1.165, 1.54) is 27.8 Å². The summed E-state index contributed by atoms with van der Waals surface area (Å²) in [5.41, 5.74) is 11.0. The van der Waals surface area contributed by atoms with Gasteiger partial charge >= 0.3 is 0 Å². The van der Waals surface area contributed by atoms with Crippen LogP contribution in [0.4, 0.5) is 17.1 Å². The summed E-state index contributed by atoms with van der Waals surface area (Å²) in [5.74, 6) is 0. The van der Waals surface area contributed by atoms with Gasteiger partial charge in [0.1, 0.15) is 0 Å². The number of aryl methyl sites for hydroxylation is 2. The van der Waals surface area contributed by atoms with Crippen molar-refractivity contribution in [3.63, 3.8) is 0 Å². The van der Waals surface area contributed by atoms with E-state index in [9.17, 15) is 0 Å². The van der Waals surface area contributed by atoms with Gasteiger partial charge in [0, 0.05) is 27.1 Å². The highest BCUT2D eigenvalue weighted by Crippen LogP contribution is 2.38. The summed E-state index contributed by atoms with van der Waals surface area (Å²) in [6.07, 6.45) is 4.43. The number of rotatable bonds is 4. The molecule has 180 valence electrons. The average molecular weight is 518 g/mol. The lowest BCUT2D eigenvalue weighted by molar-refractivity contribution is 0.965. The summed E-state index contributed by atoms with van der Waals surface area (Å²) >= 11 is 12.4. The van der Waals surface area contributed by atoms with Gasteiger partial charge in [-0.15, -0.1) is 0 Å². The largest absolute Gasteiger partial charge is 0.311 e. The Kier molecular flexibility index (Phi) is 6.57. The lowest BCUT2D eigenvalue weighted by Crippen LogP contribution is -2.09. The Labute approximate surface area is 228 Å². The van der Waals surface area contributed by atoms with E-state index in [0.29, 0.717) is 10.0 Å². The van der Waals surface area contributed by atoms with Gasteiger partial charge < -0.3 is 4.90 Å². The van der Waals surface area contributed by atoms with Crippen LogP contribution >= 0.6 is 23.2 Å². The van der Waals surface area contributed by atoms with Crippen LogP contribution in [-0.2, 0) is 12.8 Å². The second-order valence-corrected chi connectivity index (χ2v) is 10.1. The van der Waals surface area contributed by atoms with E-state index in [1.54, 1.807) is 0 Å². The van der Waals surface area contributed by atoms with Crippen molar-refractivity contribution in [2.24, 2.45) is 0 Å². The molecule has 1 aliphatic carbocycles. The van der Waals surface area contributed by atoms with E-state index in [2.05, 4.69) is 83.8 Å². The van der Waals surface area contributed by atoms with Crippen molar-refractivity contribution in [3.05, 3.63) is 159 Å². The van der Waals surface area contributed by atoms with Crippen LogP contribution in [0.15, 0.2) is 121 Å². The van der Waals surface area contributed by atoms with Gasteiger partial charge in [0.2, 0.25) is 0 Å². The van der Waals surface area contributed by atoms with E-state index >= 15 is 0 Å². The third-order valence-corrected chi connectivity index (χ3v) is 7.41. The van der Waals surface area contributed by atoms with Gasteiger partial charge in [-0.1, -0.05) is 83.9 Å². The fraction of sp³-hybridized carbons (Fsp3) is 0.0588. The van der Waals surface area contributed by atoms with Crippen LogP contribution in [-0.4, -0.2) is 0 Å². The zero-order chi connectivity index (χ0) is 25.2. The second-order valence-electron chi connectivity index (χ2n) is 9.25. The number of fused-ring (bicyclic) bond motifs is 2. The molecule has 0 atom stereocenters. The van der Waals surface area contributed by atoms with Crippen molar-refractivity contribution >= 4 is 51.9 Å². The maximum absolute atomic E-state index is 6.18. The quantitative estimate of drug-likeness (QED) is 0.229. The number of halogens is 2. The minimum atomic E-state index is 0.714. The molecule has 1 aliphatic rings. The van der Waals surface area contributed by atoms with Gasteiger partial charge in [-0.05, 0) is 113 Å². The molecule has 3 heteroatoms. The Hall–Kier alpha value is -3.78. The number of benzene rings is 5. The van der Waals surface area contributed by atoms with E-state index in [-0.39, 0.29) is 0 Å². The van der Waals surface area contributed by atoms with E-state index < -0.39 is 0 Å². The number of hydrogen-bond donors (Lipinski definition) is 0. The highest BCUT2D eigenvalue weighted by molar-refractivity contribution is 6.31. The average Bonchev–Trinajstić information content (AvgIpc) is 3.09. The summed E-state index contributed by atoms with van der Waals surface area (Å²) in [6, 6.07) is 42.1. The molecule has 0 amide bonds. The molecule has 0 unspecified atom stereocenters. The lowest BCUT2D eigenvalue weighted by Gasteiger charge is -2.25. The number of hydrogen-bond acceptors (Lipinski definition) is 1. The molecule has 0 bridgehead atoms. The van der Waals surface area contributed by atoms with Gasteiger partial charge in [-0.3, -0.25) is 0 Å². The monoisotopic (exact) mass is 517 g/mol. The maximum atomic E-state index is 6.18. The van der Waals surface area contributed by atoms with Crippen molar-refractivity contribution in [1.29, 1.82) is 0 Å². The van der Waals surface area contributed by atoms with Crippen molar-refractivity contribution in [1.82, 2.24) is 0 Å². The van der Waals surface area contributed by atoms with Gasteiger partial charge in [-0.2, -0.15) is 0 Å². The molecule has 1 nitrogen and oxygen atoms in total. The molecule has 0 aromatic heterocycles. The normalized spacial score (nSPS) is 12.3. The molecular weight excluding hydrogens is 493 g/mol. The fourth-order valence-corrected chi connectivity index (χ4v) is 5.34. The minimum Gasteiger partial charge on any atom is -0.311 e. The standard InChI is InChI=1S/C34H25Cl2N/c35-27-13-19-30(20-14-27)37(31-21-15-28(36)16-22-31)29-17-9-24(10-18-29)23-34-32-7-3-1-5-25(32)11-12-26-6-2-4-8-33(26)34/h1-10,13-23H,11-12H2. The van der Waals surface area contributed by atoms with Crippen LogP contribution < -0.4 is 4.90 Å². The summed E-state index contributed by atoms with van der Waals surface area (Å²) in [7, 11) is 0. The molecule has 0 saturated heterocycles. The van der Waals surface area contributed by atoms with E-state index in [4.69, 9.17) is 23.2 Å².